The monoisotopic (exact) mass is 234 g/mol. The Morgan fingerprint density at radius 1 is 1.47 bits per heavy atom. The first-order valence-electron chi connectivity index (χ1n) is 6.37. The van der Waals surface area contributed by atoms with Crippen molar-refractivity contribution in [2.75, 3.05) is 13.1 Å². The highest BCUT2D eigenvalue weighted by atomic mass is 16.3. The number of nitrogens with two attached hydrogens (primary N) is 1. The van der Waals surface area contributed by atoms with Gasteiger partial charge in [-0.1, -0.05) is 18.2 Å². The van der Waals surface area contributed by atoms with E-state index in [2.05, 4.69) is 18.7 Å². The summed E-state index contributed by atoms with van der Waals surface area (Å²) in [6, 6.07) is 8.39. The van der Waals surface area contributed by atoms with Gasteiger partial charge >= 0.3 is 0 Å². The third kappa shape index (κ3) is 2.45. The highest BCUT2D eigenvalue weighted by Crippen LogP contribution is 2.34. The highest BCUT2D eigenvalue weighted by molar-refractivity contribution is 5.34. The molecular formula is C14H22N2O. The highest BCUT2D eigenvalue weighted by Gasteiger charge is 2.32. The molecule has 1 aromatic rings. The molecule has 3 nitrogen and oxygen atoms in total. The number of para-hydroxylation sites is 1. The van der Waals surface area contributed by atoms with E-state index in [1.807, 2.05) is 18.2 Å². The summed E-state index contributed by atoms with van der Waals surface area (Å²) in [6.45, 7) is 6.19. The average Bonchev–Trinajstić information content (AvgIpc) is 2.70. The van der Waals surface area contributed by atoms with Gasteiger partial charge in [0.2, 0.25) is 0 Å². The molecule has 3 atom stereocenters. The van der Waals surface area contributed by atoms with Gasteiger partial charge in [0.15, 0.2) is 0 Å². The number of aromatic hydroxyl groups is 1. The van der Waals surface area contributed by atoms with Crippen molar-refractivity contribution in [3.63, 3.8) is 0 Å². The molecule has 1 saturated heterocycles. The summed E-state index contributed by atoms with van der Waals surface area (Å²) in [4.78, 5) is 2.44. The molecule has 1 aliphatic rings. The van der Waals surface area contributed by atoms with Gasteiger partial charge in [-0.25, -0.2) is 0 Å². The number of phenols is 1. The van der Waals surface area contributed by atoms with Crippen LogP contribution in [0.3, 0.4) is 0 Å². The molecule has 17 heavy (non-hydrogen) atoms. The number of nitrogens with zero attached hydrogens (tertiary/aromatic N) is 1. The molecule has 0 amide bonds. The van der Waals surface area contributed by atoms with E-state index < -0.39 is 0 Å². The molecule has 94 valence electrons. The van der Waals surface area contributed by atoms with Gasteiger partial charge in [0, 0.05) is 24.2 Å². The Kier molecular flexibility index (Phi) is 3.69. The fourth-order valence-corrected chi connectivity index (χ4v) is 2.90. The molecular weight excluding hydrogens is 212 g/mol. The summed E-state index contributed by atoms with van der Waals surface area (Å²) >= 11 is 0. The van der Waals surface area contributed by atoms with Gasteiger partial charge in [0.25, 0.3) is 0 Å². The summed E-state index contributed by atoms with van der Waals surface area (Å²) in [6.07, 6.45) is 1.16. The van der Waals surface area contributed by atoms with E-state index in [1.54, 1.807) is 6.07 Å². The number of hydrogen-bond donors (Lipinski definition) is 2. The third-order valence-corrected chi connectivity index (χ3v) is 3.93. The molecule has 0 radical (unpaired) electrons. The molecule has 1 aromatic carbocycles. The Morgan fingerprint density at radius 3 is 2.76 bits per heavy atom. The Labute approximate surface area is 103 Å². The molecule has 0 aliphatic carbocycles. The van der Waals surface area contributed by atoms with Crippen molar-refractivity contribution in [2.24, 2.45) is 11.7 Å². The summed E-state index contributed by atoms with van der Waals surface area (Å²) in [7, 11) is 0. The van der Waals surface area contributed by atoms with Gasteiger partial charge < -0.3 is 10.8 Å². The molecule has 0 spiro atoms. The second-order valence-electron chi connectivity index (χ2n) is 5.12. The number of likely N-dealkylation sites (tertiary alicyclic amines) is 1. The van der Waals surface area contributed by atoms with Gasteiger partial charge in [-0.3, -0.25) is 4.90 Å². The second-order valence-corrected chi connectivity index (χ2v) is 5.12. The average molecular weight is 234 g/mol. The lowest BCUT2D eigenvalue weighted by Crippen LogP contribution is -2.30. The molecule has 3 unspecified atom stereocenters. The minimum atomic E-state index is 0.253. The van der Waals surface area contributed by atoms with E-state index in [0.29, 0.717) is 17.7 Å². The van der Waals surface area contributed by atoms with Crippen LogP contribution in [0.15, 0.2) is 24.3 Å². The lowest BCUT2D eigenvalue weighted by molar-refractivity contribution is 0.197. The minimum Gasteiger partial charge on any atom is -0.508 e. The maximum atomic E-state index is 9.90. The summed E-state index contributed by atoms with van der Waals surface area (Å²) in [5.41, 5.74) is 6.76. The van der Waals surface area contributed by atoms with Crippen molar-refractivity contribution in [1.29, 1.82) is 0 Å². The Bertz CT molecular complexity index is 380. The van der Waals surface area contributed by atoms with Gasteiger partial charge in [0.1, 0.15) is 5.75 Å². The van der Waals surface area contributed by atoms with Crippen molar-refractivity contribution in [2.45, 2.75) is 32.4 Å². The van der Waals surface area contributed by atoms with Crippen LogP contribution in [0.25, 0.3) is 0 Å². The zero-order chi connectivity index (χ0) is 12.4. The van der Waals surface area contributed by atoms with E-state index in [0.717, 1.165) is 25.1 Å². The van der Waals surface area contributed by atoms with E-state index in [-0.39, 0.29) is 6.04 Å². The van der Waals surface area contributed by atoms with Crippen LogP contribution in [0.5, 0.6) is 5.75 Å². The van der Waals surface area contributed by atoms with E-state index >= 15 is 0 Å². The largest absolute Gasteiger partial charge is 0.508 e. The molecule has 0 aromatic heterocycles. The number of benzene rings is 1. The van der Waals surface area contributed by atoms with Gasteiger partial charge in [-0.05, 0) is 38.8 Å². The summed E-state index contributed by atoms with van der Waals surface area (Å²) in [5, 5.41) is 9.90. The number of phenolic OH excluding ortho intramolecular Hbond substituents is 1. The fraction of sp³-hybridized carbons (Fsp3) is 0.571. The van der Waals surface area contributed by atoms with E-state index in [4.69, 9.17) is 5.73 Å². The first-order valence-corrected chi connectivity index (χ1v) is 6.37. The smallest absolute Gasteiger partial charge is 0.120 e. The standard InChI is InChI=1S/C14H22N2O/c1-10-7-12(8-15)9-16(10)11(2)13-5-3-4-6-14(13)17/h3-6,10-12,17H,7-9,15H2,1-2H3. The van der Waals surface area contributed by atoms with Crippen molar-refractivity contribution >= 4 is 0 Å². The van der Waals surface area contributed by atoms with Crippen molar-refractivity contribution in [1.82, 2.24) is 4.90 Å². The quantitative estimate of drug-likeness (QED) is 0.842. The van der Waals surface area contributed by atoms with E-state index in [1.165, 1.54) is 0 Å². The molecule has 2 rings (SSSR count). The fourth-order valence-electron chi connectivity index (χ4n) is 2.90. The third-order valence-electron chi connectivity index (χ3n) is 3.93. The Morgan fingerprint density at radius 2 is 2.18 bits per heavy atom. The first kappa shape index (κ1) is 12.4. The SMILES string of the molecule is CC1CC(CN)CN1C(C)c1ccccc1O. The van der Waals surface area contributed by atoms with Crippen LogP contribution in [0.2, 0.25) is 0 Å². The van der Waals surface area contributed by atoms with Gasteiger partial charge in [0.05, 0.1) is 0 Å². The van der Waals surface area contributed by atoms with Gasteiger partial charge in [-0.2, -0.15) is 0 Å². The lowest BCUT2D eigenvalue weighted by atomic mass is 10.1. The summed E-state index contributed by atoms with van der Waals surface area (Å²) in [5.74, 6) is 0.988. The second kappa shape index (κ2) is 5.07. The maximum absolute atomic E-state index is 9.90. The minimum absolute atomic E-state index is 0.253. The predicted octanol–water partition coefficient (Wildman–Crippen LogP) is 2.12. The lowest BCUT2D eigenvalue weighted by Gasteiger charge is -2.29. The molecule has 0 bridgehead atoms. The number of hydrogen-bond acceptors (Lipinski definition) is 3. The van der Waals surface area contributed by atoms with Gasteiger partial charge in [-0.15, -0.1) is 0 Å². The molecule has 3 N–H and O–H groups in total. The first-order chi connectivity index (χ1) is 8.13. The van der Waals surface area contributed by atoms with Crippen LogP contribution in [0.1, 0.15) is 31.9 Å². The molecule has 1 aliphatic heterocycles. The van der Waals surface area contributed by atoms with Crippen LogP contribution in [-0.4, -0.2) is 29.1 Å². The molecule has 1 heterocycles. The van der Waals surface area contributed by atoms with Crippen LogP contribution in [0.4, 0.5) is 0 Å². The maximum Gasteiger partial charge on any atom is 0.120 e. The molecule has 0 saturated carbocycles. The Hall–Kier alpha value is -1.06. The van der Waals surface area contributed by atoms with Crippen LogP contribution in [0, 0.1) is 5.92 Å². The zero-order valence-corrected chi connectivity index (χ0v) is 10.6. The molecule has 3 heteroatoms. The number of rotatable bonds is 3. The van der Waals surface area contributed by atoms with Crippen molar-refractivity contribution in [3.05, 3.63) is 29.8 Å². The van der Waals surface area contributed by atoms with Crippen LogP contribution < -0.4 is 5.73 Å². The van der Waals surface area contributed by atoms with E-state index in [9.17, 15) is 5.11 Å². The summed E-state index contributed by atoms with van der Waals surface area (Å²) < 4.78 is 0. The topological polar surface area (TPSA) is 49.5 Å². The Balaban J connectivity index is 2.15. The van der Waals surface area contributed by atoms with Crippen LogP contribution in [-0.2, 0) is 0 Å². The van der Waals surface area contributed by atoms with Crippen molar-refractivity contribution < 1.29 is 5.11 Å². The molecule has 1 fully saturated rings. The zero-order valence-electron chi connectivity index (χ0n) is 10.6. The normalized spacial score (nSPS) is 27.2. The van der Waals surface area contributed by atoms with Crippen LogP contribution >= 0.6 is 0 Å². The van der Waals surface area contributed by atoms with Crippen molar-refractivity contribution in [3.8, 4) is 5.75 Å². The predicted molar refractivity (Wildman–Crippen MR) is 69.9 cm³/mol.